The van der Waals surface area contributed by atoms with Crippen LogP contribution in [0.3, 0.4) is 0 Å². The number of carbonyl (C=O) groups excluding carboxylic acids is 2. The monoisotopic (exact) mass is 501 g/mol. The molecule has 1 aromatic carbocycles. The molecule has 196 valence electrons. The molecule has 0 aliphatic carbocycles. The highest BCUT2D eigenvalue weighted by atomic mass is 16.4. The Bertz CT molecular complexity index is 1010. The van der Waals surface area contributed by atoms with Gasteiger partial charge in [-0.05, 0) is 43.7 Å². The number of anilines is 1. The number of hydrogen-bond donors (Lipinski definition) is 6. The third-order valence-corrected chi connectivity index (χ3v) is 6.28. The summed E-state index contributed by atoms with van der Waals surface area (Å²) in [5.41, 5.74) is 1.60. The first kappa shape index (κ1) is 27.6. The number of carbonyl (C=O) groups is 2. The number of benzene rings is 1. The third kappa shape index (κ3) is 7.28. The topological polar surface area (TPSA) is 168 Å². The van der Waals surface area contributed by atoms with Gasteiger partial charge in [-0.3, -0.25) is 19.8 Å². The average Bonchev–Trinajstić information content (AvgIpc) is 2.87. The first-order valence-corrected chi connectivity index (χ1v) is 12.2. The Labute approximate surface area is 210 Å². The lowest BCUT2D eigenvalue weighted by molar-refractivity contribution is -0.145. The van der Waals surface area contributed by atoms with E-state index in [-0.39, 0.29) is 13.2 Å². The number of aliphatic hydroxyl groups excluding tert-OH is 4. The van der Waals surface area contributed by atoms with Gasteiger partial charge >= 0.3 is 0 Å². The summed E-state index contributed by atoms with van der Waals surface area (Å²) >= 11 is 0. The summed E-state index contributed by atoms with van der Waals surface area (Å²) in [7, 11) is 0. The number of imide groups is 1. The van der Waals surface area contributed by atoms with Crippen molar-refractivity contribution in [2.24, 2.45) is 0 Å². The molecule has 1 aliphatic rings. The van der Waals surface area contributed by atoms with E-state index in [1.165, 1.54) is 6.92 Å². The van der Waals surface area contributed by atoms with E-state index in [1.54, 1.807) is 30.6 Å². The van der Waals surface area contributed by atoms with Crippen molar-refractivity contribution in [3.63, 3.8) is 0 Å². The molecule has 2 amide bonds. The van der Waals surface area contributed by atoms with Gasteiger partial charge in [-0.15, -0.1) is 0 Å². The molecule has 11 nitrogen and oxygen atoms in total. The summed E-state index contributed by atoms with van der Waals surface area (Å²) in [6.07, 6.45) is 3.21. The maximum absolute atomic E-state index is 12.6. The minimum Gasteiger partial charge on any atom is -0.395 e. The highest BCUT2D eigenvalue weighted by molar-refractivity contribution is 6.08. The molecule has 1 aliphatic heterocycles. The molecule has 4 atom stereocenters. The van der Waals surface area contributed by atoms with E-state index in [9.17, 15) is 30.0 Å². The van der Waals surface area contributed by atoms with Crippen molar-refractivity contribution in [2.75, 3.05) is 31.6 Å². The molecule has 36 heavy (non-hydrogen) atoms. The summed E-state index contributed by atoms with van der Waals surface area (Å²) < 4.78 is 0. The second-order valence-corrected chi connectivity index (χ2v) is 8.98. The molecule has 3 rings (SSSR count). The van der Waals surface area contributed by atoms with Crippen LogP contribution in [0.5, 0.6) is 0 Å². The minimum absolute atomic E-state index is 0.208. The van der Waals surface area contributed by atoms with E-state index in [4.69, 9.17) is 0 Å². The molecular formula is C25H35N5O6. The Morgan fingerprint density at radius 3 is 2.47 bits per heavy atom. The second kappa shape index (κ2) is 13.4. The van der Waals surface area contributed by atoms with Crippen LogP contribution in [0.4, 0.5) is 5.69 Å². The van der Waals surface area contributed by atoms with Crippen LogP contribution < -0.4 is 10.6 Å². The molecule has 2 heterocycles. The molecule has 0 radical (unpaired) electrons. The zero-order valence-corrected chi connectivity index (χ0v) is 20.4. The fourth-order valence-corrected chi connectivity index (χ4v) is 4.35. The van der Waals surface area contributed by atoms with Crippen LogP contribution in [0, 0.1) is 0 Å². The maximum Gasteiger partial charge on any atom is 0.259 e. The van der Waals surface area contributed by atoms with Crippen LogP contribution in [-0.4, -0.2) is 97.7 Å². The number of nitrogens with one attached hydrogen (secondary N) is 2. The molecule has 0 spiro atoms. The smallest absolute Gasteiger partial charge is 0.259 e. The van der Waals surface area contributed by atoms with Crippen LogP contribution >= 0.6 is 0 Å². The van der Waals surface area contributed by atoms with E-state index in [1.807, 2.05) is 11.0 Å². The molecule has 11 heteroatoms. The van der Waals surface area contributed by atoms with Gasteiger partial charge in [0.05, 0.1) is 24.3 Å². The number of likely N-dealkylation sites (tertiary alicyclic amines) is 1. The number of nitrogens with zero attached hydrogens (tertiary/aromatic N) is 3. The number of piperidine rings is 1. The number of unbranched alkanes of at least 4 members (excludes halogenated alkanes) is 3. The Morgan fingerprint density at radius 1 is 1.06 bits per heavy atom. The zero-order chi connectivity index (χ0) is 26.1. The van der Waals surface area contributed by atoms with Gasteiger partial charge in [-0.1, -0.05) is 12.8 Å². The van der Waals surface area contributed by atoms with E-state index in [0.29, 0.717) is 35.7 Å². The van der Waals surface area contributed by atoms with E-state index in [0.717, 1.165) is 25.7 Å². The molecule has 0 saturated carbocycles. The largest absolute Gasteiger partial charge is 0.395 e. The van der Waals surface area contributed by atoms with Crippen LogP contribution in [0.2, 0.25) is 0 Å². The predicted octanol–water partition coefficient (Wildman–Crippen LogP) is 0.151. The average molecular weight is 502 g/mol. The van der Waals surface area contributed by atoms with Crippen molar-refractivity contribution in [3.05, 3.63) is 42.2 Å². The Morgan fingerprint density at radius 2 is 1.78 bits per heavy atom. The normalized spacial score (nSPS) is 22.2. The van der Waals surface area contributed by atoms with Gasteiger partial charge in [0.25, 0.3) is 5.91 Å². The molecule has 1 fully saturated rings. The molecule has 0 unspecified atom stereocenters. The van der Waals surface area contributed by atoms with Crippen molar-refractivity contribution < 1.29 is 30.0 Å². The maximum atomic E-state index is 12.6. The van der Waals surface area contributed by atoms with Crippen LogP contribution in [0.1, 0.15) is 43.0 Å². The summed E-state index contributed by atoms with van der Waals surface area (Å²) in [6, 6.07) is 6.37. The number of β-amino-alcohol motifs (C(OH)–C–C–N with tert-alkyl or cyclic N) is 1. The van der Waals surface area contributed by atoms with Crippen molar-refractivity contribution in [1.29, 1.82) is 0 Å². The quantitative estimate of drug-likeness (QED) is 0.233. The first-order chi connectivity index (χ1) is 17.3. The molecule has 6 N–H and O–H groups in total. The van der Waals surface area contributed by atoms with E-state index < -0.39 is 36.2 Å². The van der Waals surface area contributed by atoms with Crippen LogP contribution in [-0.2, 0) is 4.79 Å². The van der Waals surface area contributed by atoms with Gasteiger partial charge in [-0.2, -0.15) is 0 Å². The summed E-state index contributed by atoms with van der Waals surface area (Å²) in [5, 5.41) is 44.9. The van der Waals surface area contributed by atoms with Gasteiger partial charge < -0.3 is 25.7 Å². The lowest BCUT2D eigenvalue weighted by Crippen LogP contribution is -2.62. The van der Waals surface area contributed by atoms with Gasteiger partial charge in [0.2, 0.25) is 5.91 Å². The molecule has 1 aromatic heterocycles. The number of aliphatic hydroxyl groups is 4. The summed E-state index contributed by atoms with van der Waals surface area (Å²) in [6.45, 7) is 2.42. The number of aromatic nitrogens is 2. The molecule has 1 saturated heterocycles. The fraction of sp³-hybridized carbons (Fsp3) is 0.520. The highest BCUT2D eigenvalue weighted by Crippen LogP contribution is 2.24. The van der Waals surface area contributed by atoms with Gasteiger partial charge in [0, 0.05) is 43.7 Å². The van der Waals surface area contributed by atoms with Crippen LogP contribution in [0.15, 0.2) is 36.7 Å². The van der Waals surface area contributed by atoms with E-state index >= 15 is 0 Å². The number of amides is 2. The SMILES string of the molecule is CC(=O)NC(=O)c1cc(-c2ncccn2)ccc1NCCCCCCN1C[C@H](O)[C@@H](O)[C@H](O)[C@H]1CO. The first-order valence-electron chi connectivity index (χ1n) is 12.2. The number of hydrogen-bond acceptors (Lipinski definition) is 10. The van der Waals surface area contributed by atoms with Crippen molar-refractivity contribution in [3.8, 4) is 11.4 Å². The van der Waals surface area contributed by atoms with Gasteiger partial charge in [-0.25, -0.2) is 9.97 Å². The minimum atomic E-state index is -1.25. The van der Waals surface area contributed by atoms with Crippen molar-refractivity contribution in [1.82, 2.24) is 20.2 Å². The summed E-state index contributed by atoms with van der Waals surface area (Å²) in [5.74, 6) is -0.469. The Balaban J connectivity index is 1.49. The molecule has 2 aromatic rings. The van der Waals surface area contributed by atoms with E-state index in [2.05, 4.69) is 20.6 Å². The second-order valence-electron chi connectivity index (χ2n) is 8.98. The predicted molar refractivity (Wildman–Crippen MR) is 133 cm³/mol. The Kier molecular flexibility index (Phi) is 10.3. The third-order valence-electron chi connectivity index (χ3n) is 6.28. The number of rotatable bonds is 11. The zero-order valence-electron chi connectivity index (χ0n) is 20.4. The highest BCUT2D eigenvalue weighted by Gasteiger charge is 2.40. The van der Waals surface area contributed by atoms with Gasteiger partial charge in [0.15, 0.2) is 5.82 Å². The molecule has 0 bridgehead atoms. The van der Waals surface area contributed by atoms with Crippen molar-refractivity contribution in [2.45, 2.75) is 57.0 Å². The van der Waals surface area contributed by atoms with Crippen molar-refractivity contribution >= 4 is 17.5 Å². The lowest BCUT2D eigenvalue weighted by Gasteiger charge is -2.43. The molecular weight excluding hydrogens is 466 g/mol. The lowest BCUT2D eigenvalue weighted by atomic mass is 9.94. The van der Waals surface area contributed by atoms with Gasteiger partial charge in [0.1, 0.15) is 12.2 Å². The Hall–Kier alpha value is -2.96. The van der Waals surface area contributed by atoms with Crippen LogP contribution in [0.25, 0.3) is 11.4 Å². The fourth-order valence-electron chi connectivity index (χ4n) is 4.35. The summed E-state index contributed by atoms with van der Waals surface area (Å²) in [4.78, 5) is 34.3. The standard InChI is InChI=1S/C25H35N5O6/c1-16(32)29-25(36)18-13-17(24-27-10-6-11-28-24)7-8-19(18)26-9-4-2-3-5-12-30-14-21(33)23(35)22(34)20(30)15-31/h6-8,10-11,13,20-23,26,31,33-35H,2-5,9,12,14-15H2,1H3,(H,29,32,36)/t20-,21+,22-,23-/m1/s1.